The van der Waals surface area contributed by atoms with Crippen molar-refractivity contribution in [1.29, 1.82) is 0 Å². The first-order chi connectivity index (χ1) is 9.11. The minimum Gasteiger partial charge on any atom is -0.482 e. The number of anilines is 1. The Labute approximate surface area is 124 Å². The second-order valence-electron chi connectivity index (χ2n) is 4.85. The minimum atomic E-state index is -0.00663. The molecule has 0 N–H and O–H groups in total. The number of fused-ring (bicyclic) bond motifs is 1. The Balaban J connectivity index is 2.11. The summed E-state index contributed by atoms with van der Waals surface area (Å²) in [5, 5.41) is 0.616. The largest absolute Gasteiger partial charge is 0.482 e. The molecule has 1 heterocycles. The summed E-state index contributed by atoms with van der Waals surface area (Å²) in [6, 6.07) is 5.38. The van der Waals surface area contributed by atoms with E-state index in [0.717, 1.165) is 30.0 Å². The van der Waals surface area contributed by atoms with Crippen LogP contribution in [0.25, 0.3) is 0 Å². The highest BCUT2D eigenvalue weighted by molar-refractivity contribution is 7.80. The van der Waals surface area contributed by atoms with Crippen LogP contribution in [0.2, 0.25) is 5.02 Å². The third-order valence-corrected chi connectivity index (χ3v) is 3.82. The molecule has 0 saturated heterocycles. The molecule has 0 radical (unpaired) electrons. The van der Waals surface area contributed by atoms with Crippen molar-refractivity contribution in [3.05, 3.63) is 23.2 Å². The molecule has 1 aromatic rings. The molecular formula is C14H18ClNO2S. The van der Waals surface area contributed by atoms with E-state index in [1.54, 1.807) is 17.0 Å². The molecule has 0 fully saturated rings. The maximum absolute atomic E-state index is 12.0. The van der Waals surface area contributed by atoms with Gasteiger partial charge in [0.15, 0.2) is 6.61 Å². The third kappa shape index (κ3) is 3.57. The number of carbonyl (C=O) groups excluding carboxylic acids is 1. The average molecular weight is 300 g/mol. The van der Waals surface area contributed by atoms with E-state index >= 15 is 0 Å². The zero-order chi connectivity index (χ0) is 13.8. The van der Waals surface area contributed by atoms with Crippen molar-refractivity contribution >= 4 is 35.8 Å². The van der Waals surface area contributed by atoms with Crippen LogP contribution in [0, 0.1) is 5.92 Å². The van der Waals surface area contributed by atoms with Crippen LogP contribution in [-0.2, 0) is 4.79 Å². The number of rotatable bonds is 5. The van der Waals surface area contributed by atoms with Gasteiger partial charge in [-0.25, -0.2) is 0 Å². The van der Waals surface area contributed by atoms with Gasteiger partial charge in [-0.15, -0.1) is 0 Å². The van der Waals surface area contributed by atoms with E-state index in [9.17, 15) is 4.79 Å². The van der Waals surface area contributed by atoms with Crippen molar-refractivity contribution in [3.8, 4) is 5.75 Å². The first-order valence-electron chi connectivity index (χ1n) is 6.45. The molecule has 0 aromatic heterocycles. The molecule has 5 heteroatoms. The highest BCUT2D eigenvalue weighted by atomic mass is 35.5. The molecule has 2 rings (SSSR count). The molecule has 1 aliphatic rings. The highest BCUT2D eigenvalue weighted by Crippen LogP contribution is 2.34. The van der Waals surface area contributed by atoms with Crippen LogP contribution in [-0.4, -0.2) is 24.8 Å². The number of thiol groups is 1. The number of nitrogens with zero attached hydrogens (tertiary/aromatic N) is 1. The molecule has 104 valence electrons. The predicted molar refractivity (Wildman–Crippen MR) is 81.6 cm³/mol. The van der Waals surface area contributed by atoms with Gasteiger partial charge >= 0.3 is 0 Å². The highest BCUT2D eigenvalue weighted by Gasteiger charge is 2.25. The van der Waals surface area contributed by atoms with Crippen LogP contribution in [0.5, 0.6) is 5.75 Å². The van der Waals surface area contributed by atoms with Crippen molar-refractivity contribution in [2.75, 3.05) is 23.8 Å². The van der Waals surface area contributed by atoms with E-state index in [1.165, 1.54) is 0 Å². The van der Waals surface area contributed by atoms with Crippen molar-refractivity contribution in [3.63, 3.8) is 0 Å². The van der Waals surface area contributed by atoms with E-state index < -0.39 is 0 Å². The van der Waals surface area contributed by atoms with Crippen LogP contribution < -0.4 is 9.64 Å². The predicted octanol–water partition coefficient (Wildman–Crippen LogP) is 3.41. The monoisotopic (exact) mass is 299 g/mol. The summed E-state index contributed by atoms with van der Waals surface area (Å²) in [5.74, 6) is 2.15. The summed E-state index contributed by atoms with van der Waals surface area (Å²) >= 11 is 10.2. The van der Waals surface area contributed by atoms with Gasteiger partial charge in [0.25, 0.3) is 5.91 Å². The zero-order valence-electron chi connectivity index (χ0n) is 10.9. The summed E-state index contributed by atoms with van der Waals surface area (Å²) in [6.45, 7) is 2.99. The lowest BCUT2D eigenvalue weighted by atomic mass is 10.0. The zero-order valence-corrected chi connectivity index (χ0v) is 12.6. The van der Waals surface area contributed by atoms with E-state index in [0.29, 0.717) is 17.5 Å². The summed E-state index contributed by atoms with van der Waals surface area (Å²) in [5.41, 5.74) is 0.779. The smallest absolute Gasteiger partial charge is 0.265 e. The molecule has 1 amide bonds. The Bertz CT molecular complexity index is 467. The Morgan fingerprint density at radius 2 is 2.26 bits per heavy atom. The average Bonchev–Trinajstić information content (AvgIpc) is 2.38. The van der Waals surface area contributed by atoms with Gasteiger partial charge in [-0.1, -0.05) is 18.5 Å². The summed E-state index contributed by atoms with van der Waals surface area (Å²) in [4.78, 5) is 13.8. The molecule has 3 nitrogen and oxygen atoms in total. The lowest BCUT2D eigenvalue weighted by molar-refractivity contribution is -0.121. The van der Waals surface area contributed by atoms with Gasteiger partial charge < -0.3 is 9.64 Å². The lowest BCUT2D eigenvalue weighted by Gasteiger charge is -2.30. The second kappa shape index (κ2) is 6.53. The fraction of sp³-hybridized carbons (Fsp3) is 0.500. The Morgan fingerprint density at radius 3 is 3.00 bits per heavy atom. The molecule has 1 unspecified atom stereocenters. The molecular weight excluding hydrogens is 282 g/mol. The van der Waals surface area contributed by atoms with Crippen molar-refractivity contribution in [2.24, 2.45) is 5.92 Å². The fourth-order valence-electron chi connectivity index (χ4n) is 2.13. The Kier molecular flexibility index (Phi) is 4.99. The number of benzene rings is 1. The molecule has 1 aliphatic heterocycles. The Hall–Kier alpha value is -0.870. The van der Waals surface area contributed by atoms with E-state index in [4.69, 9.17) is 16.3 Å². The first-order valence-corrected chi connectivity index (χ1v) is 7.46. The first kappa shape index (κ1) is 14.5. The molecule has 1 atom stereocenters. The number of amides is 1. The topological polar surface area (TPSA) is 29.5 Å². The van der Waals surface area contributed by atoms with Crippen LogP contribution in [0.15, 0.2) is 18.2 Å². The molecule has 19 heavy (non-hydrogen) atoms. The number of hydrogen-bond acceptors (Lipinski definition) is 3. The van der Waals surface area contributed by atoms with Gasteiger partial charge in [-0.3, -0.25) is 4.79 Å². The molecule has 0 spiro atoms. The van der Waals surface area contributed by atoms with Crippen molar-refractivity contribution < 1.29 is 9.53 Å². The standard InChI is InChI=1S/C14H18ClNO2S/c1-10(5-7-19)4-6-16-12-8-11(15)2-3-13(12)18-9-14(16)17/h2-3,8,10,19H,4-7,9H2,1H3. The van der Waals surface area contributed by atoms with Crippen LogP contribution >= 0.6 is 24.2 Å². The second-order valence-corrected chi connectivity index (χ2v) is 5.74. The van der Waals surface area contributed by atoms with Gasteiger partial charge in [0.05, 0.1) is 5.69 Å². The van der Waals surface area contributed by atoms with Crippen molar-refractivity contribution in [2.45, 2.75) is 19.8 Å². The number of hydrogen-bond donors (Lipinski definition) is 1. The Morgan fingerprint density at radius 1 is 1.47 bits per heavy atom. The molecule has 0 aliphatic carbocycles. The van der Waals surface area contributed by atoms with Crippen molar-refractivity contribution in [1.82, 2.24) is 0 Å². The summed E-state index contributed by atoms with van der Waals surface area (Å²) in [6.07, 6.45) is 2.02. The molecule has 0 bridgehead atoms. The normalized spacial score (nSPS) is 15.9. The fourth-order valence-corrected chi connectivity index (χ4v) is 2.74. The van der Waals surface area contributed by atoms with Crippen LogP contribution in [0.1, 0.15) is 19.8 Å². The van der Waals surface area contributed by atoms with Gasteiger partial charge in [0, 0.05) is 11.6 Å². The molecule has 1 aromatic carbocycles. The number of carbonyl (C=O) groups is 1. The van der Waals surface area contributed by atoms with Gasteiger partial charge in [0.2, 0.25) is 0 Å². The van der Waals surface area contributed by atoms with Gasteiger partial charge in [-0.05, 0) is 42.7 Å². The number of halogens is 1. The van der Waals surface area contributed by atoms with E-state index in [-0.39, 0.29) is 12.5 Å². The summed E-state index contributed by atoms with van der Waals surface area (Å²) < 4.78 is 5.41. The van der Waals surface area contributed by atoms with Gasteiger partial charge in [-0.2, -0.15) is 12.6 Å². The number of ether oxygens (including phenoxy) is 1. The van der Waals surface area contributed by atoms with Crippen LogP contribution in [0.3, 0.4) is 0 Å². The maximum atomic E-state index is 12.0. The maximum Gasteiger partial charge on any atom is 0.265 e. The minimum absolute atomic E-state index is 0.00663. The molecule has 0 saturated carbocycles. The lowest BCUT2D eigenvalue weighted by Crippen LogP contribution is -2.39. The SMILES string of the molecule is CC(CCS)CCN1C(=O)COc2ccc(Cl)cc21. The van der Waals surface area contributed by atoms with Crippen LogP contribution in [0.4, 0.5) is 5.69 Å². The van der Waals surface area contributed by atoms with Gasteiger partial charge in [0.1, 0.15) is 5.75 Å². The van der Waals surface area contributed by atoms with E-state index in [2.05, 4.69) is 19.6 Å². The van der Waals surface area contributed by atoms with E-state index in [1.807, 2.05) is 6.07 Å². The quantitative estimate of drug-likeness (QED) is 0.844. The summed E-state index contributed by atoms with van der Waals surface area (Å²) in [7, 11) is 0. The third-order valence-electron chi connectivity index (χ3n) is 3.33.